The smallest absolute Gasteiger partial charge is 0.0971 e. The van der Waals surface area contributed by atoms with Gasteiger partial charge in [0.2, 0.25) is 0 Å². The maximum absolute atomic E-state index is 4.26. The van der Waals surface area contributed by atoms with E-state index >= 15 is 0 Å². The van der Waals surface area contributed by atoms with Crippen LogP contribution in [0.15, 0.2) is 36.5 Å². The number of nitrogens with one attached hydrogen (secondary N) is 1. The van der Waals surface area contributed by atoms with Gasteiger partial charge in [-0.1, -0.05) is 23.4 Å². The molecule has 1 aliphatic heterocycles. The lowest BCUT2D eigenvalue weighted by Gasteiger charge is -2.30. The Morgan fingerprint density at radius 1 is 1.30 bits per heavy atom. The van der Waals surface area contributed by atoms with Crippen molar-refractivity contribution in [2.24, 2.45) is 0 Å². The highest BCUT2D eigenvalue weighted by Crippen LogP contribution is 2.08. The van der Waals surface area contributed by atoms with Gasteiger partial charge >= 0.3 is 0 Å². The van der Waals surface area contributed by atoms with Crippen molar-refractivity contribution in [3.8, 4) is 5.69 Å². The molecule has 1 aliphatic rings. The number of aromatic nitrogens is 3. The van der Waals surface area contributed by atoms with E-state index in [1.807, 2.05) is 41.2 Å². The second-order valence-corrected chi connectivity index (χ2v) is 5.08. The Kier molecular flexibility index (Phi) is 5.11. The monoisotopic (exact) mass is 293 g/mol. The van der Waals surface area contributed by atoms with Gasteiger partial charge in [0.25, 0.3) is 0 Å². The number of piperazine rings is 1. The molecule has 6 heteroatoms. The van der Waals surface area contributed by atoms with E-state index in [9.17, 15) is 0 Å². The number of para-hydroxylation sites is 1. The summed E-state index contributed by atoms with van der Waals surface area (Å²) in [6.45, 7) is 6.28. The van der Waals surface area contributed by atoms with Gasteiger partial charge < -0.3 is 5.32 Å². The summed E-state index contributed by atoms with van der Waals surface area (Å²) in [5.41, 5.74) is 2.08. The zero-order chi connectivity index (χ0) is 13.1. The Balaban J connectivity index is 0.00000147. The average Bonchev–Trinajstić information content (AvgIpc) is 2.88. The molecule has 2 aromatic rings. The maximum atomic E-state index is 4.26. The largest absolute Gasteiger partial charge is 0.312 e. The van der Waals surface area contributed by atoms with E-state index < -0.39 is 0 Å². The van der Waals surface area contributed by atoms with E-state index in [4.69, 9.17) is 0 Å². The van der Waals surface area contributed by atoms with Gasteiger partial charge in [0.05, 0.1) is 17.6 Å². The summed E-state index contributed by atoms with van der Waals surface area (Å²) >= 11 is 0. The molecule has 0 aliphatic carbocycles. The molecule has 0 bridgehead atoms. The highest BCUT2D eigenvalue weighted by atomic mass is 35.5. The lowest BCUT2D eigenvalue weighted by molar-refractivity contribution is 0.197. The second-order valence-electron chi connectivity index (χ2n) is 5.08. The van der Waals surface area contributed by atoms with Crippen molar-refractivity contribution in [1.82, 2.24) is 25.2 Å². The molecule has 20 heavy (non-hydrogen) atoms. The lowest BCUT2D eigenvalue weighted by Crippen LogP contribution is -2.48. The van der Waals surface area contributed by atoms with Crippen molar-refractivity contribution in [3.05, 3.63) is 42.2 Å². The van der Waals surface area contributed by atoms with Gasteiger partial charge in [-0.2, -0.15) is 0 Å². The summed E-state index contributed by atoms with van der Waals surface area (Å²) in [4.78, 5) is 2.42. The predicted molar refractivity (Wildman–Crippen MR) is 81.3 cm³/mol. The van der Waals surface area contributed by atoms with Gasteiger partial charge in [0.1, 0.15) is 0 Å². The fraction of sp³-hybridized carbons (Fsp3) is 0.429. The minimum atomic E-state index is 0. The molecule has 1 aromatic carbocycles. The van der Waals surface area contributed by atoms with Crippen molar-refractivity contribution in [1.29, 1.82) is 0 Å². The summed E-state index contributed by atoms with van der Waals surface area (Å²) < 4.78 is 1.83. The molecule has 0 saturated carbocycles. The predicted octanol–water partition coefficient (Wildman–Crippen LogP) is 1.48. The molecular weight excluding hydrogens is 274 g/mol. The Hall–Kier alpha value is -1.43. The number of rotatable bonds is 3. The minimum Gasteiger partial charge on any atom is -0.312 e. The van der Waals surface area contributed by atoms with E-state index in [2.05, 4.69) is 27.5 Å². The summed E-state index contributed by atoms with van der Waals surface area (Å²) in [6, 6.07) is 10.6. The van der Waals surface area contributed by atoms with Crippen LogP contribution in [0.3, 0.4) is 0 Å². The van der Waals surface area contributed by atoms with E-state index in [0.717, 1.165) is 37.6 Å². The molecule has 0 spiro atoms. The Labute approximate surface area is 125 Å². The third kappa shape index (κ3) is 3.56. The van der Waals surface area contributed by atoms with Crippen LogP contribution < -0.4 is 5.32 Å². The summed E-state index contributed by atoms with van der Waals surface area (Å²) in [6.07, 6.45) is 2.02. The van der Waals surface area contributed by atoms with Crippen molar-refractivity contribution < 1.29 is 0 Å². The number of halogens is 1. The van der Waals surface area contributed by atoms with Crippen molar-refractivity contribution in [3.63, 3.8) is 0 Å². The molecule has 0 amide bonds. The standard InChI is InChI=1S/C14H19N5.ClH/c1-12-9-18(8-7-15-12)10-13-11-19(17-16-13)14-5-3-2-4-6-14;/h2-6,11-12,15H,7-10H2,1H3;1H. The molecule has 1 unspecified atom stereocenters. The van der Waals surface area contributed by atoms with Crippen LogP contribution in [0, 0.1) is 0 Å². The average molecular weight is 294 g/mol. The van der Waals surface area contributed by atoms with Crippen LogP contribution in [0.1, 0.15) is 12.6 Å². The van der Waals surface area contributed by atoms with Crippen LogP contribution in [-0.2, 0) is 6.54 Å². The van der Waals surface area contributed by atoms with Crippen LogP contribution in [0.25, 0.3) is 5.69 Å². The van der Waals surface area contributed by atoms with E-state index in [0.29, 0.717) is 6.04 Å². The fourth-order valence-electron chi connectivity index (χ4n) is 2.46. The molecule has 1 fully saturated rings. The molecular formula is C14H20ClN5. The van der Waals surface area contributed by atoms with Gasteiger partial charge in [-0.15, -0.1) is 17.5 Å². The third-order valence-corrected chi connectivity index (χ3v) is 3.40. The van der Waals surface area contributed by atoms with Gasteiger partial charge in [-0.25, -0.2) is 4.68 Å². The van der Waals surface area contributed by atoms with Gasteiger partial charge in [0.15, 0.2) is 0 Å². The van der Waals surface area contributed by atoms with Gasteiger partial charge in [-0.05, 0) is 19.1 Å². The first-order valence-corrected chi connectivity index (χ1v) is 6.73. The Bertz CT molecular complexity index is 527. The van der Waals surface area contributed by atoms with E-state index in [-0.39, 0.29) is 12.4 Å². The molecule has 1 atom stereocenters. The molecule has 108 valence electrons. The highest BCUT2D eigenvalue weighted by Gasteiger charge is 2.16. The summed E-state index contributed by atoms with van der Waals surface area (Å²) in [5, 5.41) is 11.9. The maximum Gasteiger partial charge on any atom is 0.0971 e. The Morgan fingerprint density at radius 2 is 2.10 bits per heavy atom. The third-order valence-electron chi connectivity index (χ3n) is 3.40. The zero-order valence-corrected chi connectivity index (χ0v) is 12.4. The van der Waals surface area contributed by atoms with Crippen molar-refractivity contribution >= 4 is 12.4 Å². The quantitative estimate of drug-likeness (QED) is 0.931. The van der Waals surface area contributed by atoms with E-state index in [1.165, 1.54) is 0 Å². The number of nitrogens with zero attached hydrogens (tertiary/aromatic N) is 4. The zero-order valence-electron chi connectivity index (χ0n) is 11.6. The van der Waals surface area contributed by atoms with Crippen molar-refractivity contribution in [2.45, 2.75) is 19.5 Å². The molecule has 1 aromatic heterocycles. The number of hydrogen-bond acceptors (Lipinski definition) is 4. The number of benzene rings is 1. The van der Waals surface area contributed by atoms with Crippen molar-refractivity contribution in [2.75, 3.05) is 19.6 Å². The first-order chi connectivity index (χ1) is 9.31. The SMILES string of the molecule is CC1CN(Cc2cn(-c3ccccc3)nn2)CCN1.Cl. The number of hydrogen-bond donors (Lipinski definition) is 1. The molecule has 2 heterocycles. The fourth-order valence-corrected chi connectivity index (χ4v) is 2.46. The van der Waals surface area contributed by atoms with Gasteiger partial charge in [-0.3, -0.25) is 4.90 Å². The highest BCUT2D eigenvalue weighted by molar-refractivity contribution is 5.85. The normalized spacial score (nSPS) is 19.6. The molecule has 1 saturated heterocycles. The summed E-state index contributed by atoms with van der Waals surface area (Å²) in [7, 11) is 0. The Morgan fingerprint density at radius 3 is 2.85 bits per heavy atom. The molecule has 3 rings (SSSR count). The van der Waals surface area contributed by atoms with Crippen LogP contribution in [-0.4, -0.2) is 45.6 Å². The minimum absolute atomic E-state index is 0. The molecule has 5 nitrogen and oxygen atoms in total. The topological polar surface area (TPSA) is 46.0 Å². The van der Waals surface area contributed by atoms with Crippen LogP contribution >= 0.6 is 12.4 Å². The molecule has 0 radical (unpaired) electrons. The van der Waals surface area contributed by atoms with Crippen LogP contribution in [0.2, 0.25) is 0 Å². The first kappa shape index (κ1) is 15.0. The van der Waals surface area contributed by atoms with E-state index in [1.54, 1.807) is 0 Å². The van der Waals surface area contributed by atoms with Crippen LogP contribution in [0.5, 0.6) is 0 Å². The summed E-state index contributed by atoms with van der Waals surface area (Å²) in [5.74, 6) is 0. The van der Waals surface area contributed by atoms with Gasteiger partial charge in [0, 0.05) is 32.2 Å². The first-order valence-electron chi connectivity index (χ1n) is 6.73. The molecule has 1 N–H and O–H groups in total. The second kappa shape index (κ2) is 6.83. The van der Waals surface area contributed by atoms with Crippen LogP contribution in [0.4, 0.5) is 0 Å². The lowest BCUT2D eigenvalue weighted by atomic mass is 10.2.